The zero-order chi connectivity index (χ0) is 13.0. The van der Waals surface area contributed by atoms with Crippen molar-refractivity contribution in [2.24, 2.45) is 0 Å². The maximum Gasteiger partial charge on any atom is 0.230 e. The topological polar surface area (TPSA) is 61.3 Å². The molecule has 2 aromatic rings. The van der Waals surface area contributed by atoms with Crippen LogP contribution in [0.1, 0.15) is 18.2 Å². The van der Waals surface area contributed by atoms with E-state index in [0.717, 1.165) is 22.4 Å². The second kappa shape index (κ2) is 5.69. The number of nitrogens with two attached hydrogens (primary N) is 1. The summed E-state index contributed by atoms with van der Waals surface area (Å²) in [6.45, 7) is 5.35. The fourth-order valence-corrected chi connectivity index (χ4v) is 1.96. The summed E-state index contributed by atoms with van der Waals surface area (Å²) in [5.74, 6) is 0.371. The van der Waals surface area contributed by atoms with Crippen LogP contribution < -0.4 is 5.73 Å². The molecule has 2 N–H and O–H groups in total. The van der Waals surface area contributed by atoms with Gasteiger partial charge < -0.3 is 15.0 Å². The molecule has 0 bridgehead atoms. The van der Waals surface area contributed by atoms with Crippen LogP contribution in [0.25, 0.3) is 11.1 Å². The highest BCUT2D eigenvalue weighted by atomic mass is 16.5. The van der Waals surface area contributed by atoms with E-state index in [-0.39, 0.29) is 0 Å². The van der Waals surface area contributed by atoms with Gasteiger partial charge in [-0.1, -0.05) is 29.4 Å². The van der Waals surface area contributed by atoms with E-state index in [9.17, 15) is 0 Å². The molecule has 0 atom stereocenters. The summed E-state index contributed by atoms with van der Waals surface area (Å²) < 4.78 is 10.5. The number of anilines is 1. The van der Waals surface area contributed by atoms with E-state index in [2.05, 4.69) is 5.16 Å². The smallest absolute Gasteiger partial charge is 0.230 e. The number of ether oxygens (including phenoxy) is 1. The lowest BCUT2D eigenvalue weighted by molar-refractivity contribution is 0.149. The normalized spacial score (nSPS) is 10.8. The zero-order valence-electron chi connectivity index (χ0n) is 10.8. The minimum Gasteiger partial charge on any atom is -0.381 e. The van der Waals surface area contributed by atoms with Crippen LogP contribution in [0, 0.1) is 6.92 Å². The quantitative estimate of drug-likeness (QED) is 0.824. The predicted octanol–water partition coefficient (Wildman–Crippen LogP) is 2.81. The second-order valence-electron chi connectivity index (χ2n) is 4.13. The Morgan fingerprint density at radius 3 is 2.83 bits per heavy atom. The fourth-order valence-electron chi connectivity index (χ4n) is 1.96. The summed E-state index contributed by atoms with van der Waals surface area (Å²) in [4.78, 5) is 0. The molecular formula is C14H18N2O2. The van der Waals surface area contributed by atoms with Crippen LogP contribution in [-0.4, -0.2) is 18.4 Å². The summed E-state index contributed by atoms with van der Waals surface area (Å²) >= 11 is 0. The maximum atomic E-state index is 5.88. The fraction of sp³-hybridized carbons (Fsp3) is 0.357. The number of rotatable bonds is 5. The van der Waals surface area contributed by atoms with Crippen LogP contribution in [0.4, 0.5) is 5.88 Å². The van der Waals surface area contributed by atoms with Crippen LogP contribution in [0.3, 0.4) is 0 Å². The Morgan fingerprint density at radius 1 is 1.33 bits per heavy atom. The predicted molar refractivity (Wildman–Crippen MR) is 71.3 cm³/mol. The first-order valence-corrected chi connectivity index (χ1v) is 6.11. The minimum absolute atomic E-state index is 0.371. The summed E-state index contributed by atoms with van der Waals surface area (Å²) in [6, 6.07) is 8.07. The number of nitrogen functional groups attached to an aromatic ring is 1. The molecule has 18 heavy (non-hydrogen) atoms. The van der Waals surface area contributed by atoms with E-state index in [0.29, 0.717) is 25.5 Å². The van der Waals surface area contributed by atoms with Crippen molar-refractivity contribution < 1.29 is 9.26 Å². The van der Waals surface area contributed by atoms with E-state index in [1.165, 1.54) is 0 Å². The Balaban J connectivity index is 2.32. The molecule has 2 rings (SSSR count). The molecule has 0 aliphatic heterocycles. The van der Waals surface area contributed by atoms with Gasteiger partial charge in [0.1, 0.15) is 0 Å². The van der Waals surface area contributed by atoms with Crippen LogP contribution in [0.2, 0.25) is 0 Å². The summed E-state index contributed by atoms with van der Waals surface area (Å²) in [6.07, 6.45) is 0.707. The maximum absolute atomic E-state index is 5.88. The van der Waals surface area contributed by atoms with Crippen molar-refractivity contribution in [2.75, 3.05) is 18.9 Å². The Hall–Kier alpha value is -1.81. The molecule has 1 aromatic heterocycles. The van der Waals surface area contributed by atoms with Gasteiger partial charge in [-0.05, 0) is 25.0 Å². The van der Waals surface area contributed by atoms with Gasteiger partial charge in [-0.2, -0.15) is 0 Å². The highest BCUT2D eigenvalue weighted by Gasteiger charge is 2.16. The highest BCUT2D eigenvalue weighted by molar-refractivity contribution is 5.77. The molecule has 0 saturated heterocycles. The molecule has 0 saturated carbocycles. The lowest BCUT2D eigenvalue weighted by atomic mass is 9.99. The molecule has 0 spiro atoms. The van der Waals surface area contributed by atoms with Crippen LogP contribution in [-0.2, 0) is 11.2 Å². The van der Waals surface area contributed by atoms with Crippen molar-refractivity contribution >= 4 is 5.88 Å². The van der Waals surface area contributed by atoms with Crippen LogP contribution >= 0.6 is 0 Å². The van der Waals surface area contributed by atoms with E-state index in [4.69, 9.17) is 15.0 Å². The number of hydrogen-bond donors (Lipinski definition) is 1. The molecular weight excluding hydrogens is 228 g/mol. The summed E-state index contributed by atoms with van der Waals surface area (Å²) in [7, 11) is 0. The van der Waals surface area contributed by atoms with Crippen molar-refractivity contribution in [1.82, 2.24) is 5.16 Å². The summed E-state index contributed by atoms with van der Waals surface area (Å²) in [5.41, 5.74) is 9.86. The van der Waals surface area contributed by atoms with Crippen molar-refractivity contribution in [2.45, 2.75) is 20.3 Å². The monoisotopic (exact) mass is 246 g/mol. The van der Waals surface area contributed by atoms with E-state index >= 15 is 0 Å². The van der Waals surface area contributed by atoms with Crippen molar-refractivity contribution in [3.63, 3.8) is 0 Å². The molecule has 4 heteroatoms. The largest absolute Gasteiger partial charge is 0.381 e. The SMILES string of the molecule is CCOCCc1noc(N)c1-c1ccccc1C. The number of aromatic nitrogens is 1. The average molecular weight is 246 g/mol. The third-order valence-corrected chi connectivity index (χ3v) is 2.89. The Kier molecular flexibility index (Phi) is 3.99. The van der Waals surface area contributed by atoms with Gasteiger partial charge in [-0.3, -0.25) is 0 Å². The standard InChI is InChI=1S/C14H18N2O2/c1-3-17-9-8-12-13(14(15)18-16-12)11-7-5-4-6-10(11)2/h4-7H,3,8-9,15H2,1-2H3. The molecule has 0 aliphatic carbocycles. The minimum atomic E-state index is 0.371. The first kappa shape index (κ1) is 12.6. The lowest BCUT2D eigenvalue weighted by Crippen LogP contribution is -2.00. The van der Waals surface area contributed by atoms with E-state index in [1.54, 1.807) is 0 Å². The van der Waals surface area contributed by atoms with Gasteiger partial charge in [0.25, 0.3) is 0 Å². The Morgan fingerprint density at radius 2 is 2.11 bits per heavy atom. The molecule has 0 amide bonds. The van der Waals surface area contributed by atoms with Gasteiger partial charge in [0.05, 0.1) is 17.9 Å². The molecule has 1 aromatic carbocycles. The lowest BCUT2D eigenvalue weighted by Gasteiger charge is -2.06. The van der Waals surface area contributed by atoms with Crippen molar-refractivity contribution in [3.8, 4) is 11.1 Å². The van der Waals surface area contributed by atoms with Gasteiger partial charge >= 0.3 is 0 Å². The van der Waals surface area contributed by atoms with Crippen molar-refractivity contribution in [3.05, 3.63) is 35.5 Å². The summed E-state index contributed by atoms with van der Waals surface area (Å²) in [5, 5.41) is 4.03. The third-order valence-electron chi connectivity index (χ3n) is 2.89. The molecule has 4 nitrogen and oxygen atoms in total. The third kappa shape index (κ3) is 2.54. The van der Waals surface area contributed by atoms with Gasteiger partial charge in [0.15, 0.2) is 0 Å². The average Bonchev–Trinajstić information content (AvgIpc) is 2.72. The zero-order valence-corrected chi connectivity index (χ0v) is 10.8. The van der Waals surface area contributed by atoms with Gasteiger partial charge in [-0.15, -0.1) is 0 Å². The highest BCUT2D eigenvalue weighted by Crippen LogP contribution is 2.32. The van der Waals surface area contributed by atoms with Crippen LogP contribution in [0.15, 0.2) is 28.8 Å². The van der Waals surface area contributed by atoms with E-state index in [1.807, 2.05) is 38.1 Å². The first-order chi connectivity index (χ1) is 8.74. The van der Waals surface area contributed by atoms with Gasteiger partial charge in [-0.25, -0.2) is 0 Å². The molecule has 0 aliphatic rings. The molecule has 0 unspecified atom stereocenters. The van der Waals surface area contributed by atoms with Gasteiger partial charge in [0.2, 0.25) is 5.88 Å². The van der Waals surface area contributed by atoms with Gasteiger partial charge in [0, 0.05) is 13.0 Å². The van der Waals surface area contributed by atoms with Crippen LogP contribution in [0.5, 0.6) is 0 Å². The first-order valence-electron chi connectivity index (χ1n) is 6.11. The van der Waals surface area contributed by atoms with E-state index < -0.39 is 0 Å². The molecule has 0 fully saturated rings. The Labute approximate surface area is 107 Å². The second-order valence-corrected chi connectivity index (χ2v) is 4.13. The Bertz CT molecular complexity index is 520. The van der Waals surface area contributed by atoms with Crippen molar-refractivity contribution in [1.29, 1.82) is 0 Å². The number of nitrogens with zero attached hydrogens (tertiary/aromatic N) is 1. The molecule has 96 valence electrons. The molecule has 1 heterocycles. The number of benzene rings is 1. The number of aryl methyl sites for hydroxylation is 1. The number of hydrogen-bond acceptors (Lipinski definition) is 4. The molecule has 0 radical (unpaired) electrons.